The van der Waals surface area contributed by atoms with Gasteiger partial charge in [0.1, 0.15) is 0 Å². The van der Waals surface area contributed by atoms with E-state index < -0.39 is 0 Å². The summed E-state index contributed by atoms with van der Waals surface area (Å²) in [5.41, 5.74) is 13.0. The number of nitrogens with zero attached hydrogens (tertiary/aromatic N) is 1. The summed E-state index contributed by atoms with van der Waals surface area (Å²) in [6.07, 6.45) is 0. The molecule has 0 atom stereocenters. The Kier molecular flexibility index (Phi) is 4.82. The average Bonchev–Trinajstić information content (AvgIpc) is 3.62. The number of thiophene rings is 1. The molecule has 0 amide bonds. The summed E-state index contributed by atoms with van der Waals surface area (Å²) >= 11 is 1.87. The Morgan fingerprint density at radius 3 is 2.19 bits per heavy atom. The second-order valence-corrected chi connectivity index (χ2v) is 13.4. The van der Waals surface area contributed by atoms with E-state index in [0.717, 1.165) is 0 Å². The van der Waals surface area contributed by atoms with Crippen molar-refractivity contribution in [1.29, 1.82) is 0 Å². The van der Waals surface area contributed by atoms with Crippen LogP contribution in [0.3, 0.4) is 0 Å². The van der Waals surface area contributed by atoms with Crippen molar-refractivity contribution in [2.45, 2.75) is 26.2 Å². The smallest absolute Gasteiger partial charge is 0.0544 e. The Morgan fingerprint density at radius 2 is 1.29 bits per heavy atom. The van der Waals surface area contributed by atoms with Gasteiger partial charge < -0.3 is 4.57 Å². The van der Waals surface area contributed by atoms with Gasteiger partial charge in [0.15, 0.2) is 0 Å². The number of hydrogen-bond acceptors (Lipinski definition) is 1. The number of hydrogen-bond donors (Lipinski definition) is 0. The van der Waals surface area contributed by atoms with Crippen molar-refractivity contribution in [3.63, 3.8) is 0 Å². The minimum atomic E-state index is -0.0537. The summed E-state index contributed by atoms with van der Waals surface area (Å²) in [7, 11) is 0. The molecule has 0 saturated carbocycles. The molecule has 9 rings (SSSR count). The number of para-hydroxylation sites is 1. The lowest BCUT2D eigenvalue weighted by Crippen LogP contribution is -2.15. The molecule has 0 saturated heterocycles. The molecule has 0 aliphatic heterocycles. The fraction of sp³-hybridized carbons (Fsp3) is 0.100. The van der Waals surface area contributed by atoms with Gasteiger partial charge in [-0.2, -0.15) is 0 Å². The number of rotatable bonds is 2. The van der Waals surface area contributed by atoms with Crippen LogP contribution in [0.5, 0.6) is 0 Å². The zero-order valence-corrected chi connectivity index (χ0v) is 24.7. The Morgan fingerprint density at radius 1 is 0.524 bits per heavy atom. The van der Waals surface area contributed by atoms with Crippen molar-refractivity contribution < 1.29 is 0 Å². The fourth-order valence-corrected chi connectivity index (χ4v) is 8.47. The minimum absolute atomic E-state index is 0.0537. The highest BCUT2D eigenvalue weighted by atomic mass is 32.1. The molecule has 0 fully saturated rings. The molecule has 2 heteroatoms. The maximum absolute atomic E-state index is 2.52. The molecule has 0 bridgehead atoms. The molecule has 1 aliphatic carbocycles. The van der Waals surface area contributed by atoms with Gasteiger partial charge in [0.25, 0.3) is 0 Å². The monoisotopic (exact) mass is 555 g/mol. The van der Waals surface area contributed by atoms with E-state index in [1.165, 1.54) is 86.6 Å². The molecule has 8 aromatic rings. The first kappa shape index (κ1) is 24.0. The van der Waals surface area contributed by atoms with E-state index >= 15 is 0 Å². The van der Waals surface area contributed by atoms with E-state index in [1.54, 1.807) is 0 Å². The van der Waals surface area contributed by atoms with Crippen LogP contribution >= 0.6 is 11.3 Å². The SMILES string of the molecule is Cc1ccc(-c2ccc3sc4ccccc4c3c2)c(-n2c3ccccc3c3cc4c(cc32)C(C)(C)c2ccccc2-4)c1. The van der Waals surface area contributed by atoms with Gasteiger partial charge in [0, 0.05) is 41.9 Å². The first-order valence-electron chi connectivity index (χ1n) is 14.7. The van der Waals surface area contributed by atoms with E-state index in [4.69, 9.17) is 0 Å². The molecule has 0 spiro atoms. The molecule has 1 nitrogen and oxygen atoms in total. The van der Waals surface area contributed by atoms with Gasteiger partial charge in [0.2, 0.25) is 0 Å². The van der Waals surface area contributed by atoms with Crippen molar-refractivity contribution in [2.75, 3.05) is 0 Å². The average molecular weight is 556 g/mol. The zero-order valence-electron chi connectivity index (χ0n) is 23.9. The van der Waals surface area contributed by atoms with Crippen LogP contribution in [0.15, 0.2) is 121 Å². The van der Waals surface area contributed by atoms with Gasteiger partial charge in [-0.15, -0.1) is 11.3 Å². The van der Waals surface area contributed by atoms with Gasteiger partial charge in [-0.05, 0) is 82.8 Å². The first-order chi connectivity index (χ1) is 20.5. The van der Waals surface area contributed by atoms with E-state index in [2.05, 4.69) is 147 Å². The van der Waals surface area contributed by atoms with Gasteiger partial charge in [0.05, 0.1) is 16.7 Å². The standard InChI is InChI=1S/C40H29NS/c1-24-16-18-26(25-17-19-39-32(21-25)29-12-6-9-15-38(29)42-39)36(20-24)41-35-14-8-5-11-28(35)31-22-30-27-10-4-7-13-33(27)40(2,3)34(30)23-37(31)41/h4-23H,1-3H3. The predicted octanol–water partition coefficient (Wildman–Crippen LogP) is 11.4. The number of aromatic nitrogens is 1. The van der Waals surface area contributed by atoms with Crippen LogP contribution in [0.4, 0.5) is 0 Å². The Balaban J connectivity index is 1.36. The lowest BCUT2D eigenvalue weighted by molar-refractivity contribution is 0.661. The highest BCUT2D eigenvalue weighted by molar-refractivity contribution is 7.25. The lowest BCUT2D eigenvalue weighted by atomic mass is 9.82. The third kappa shape index (κ3) is 3.19. The normalized spacial score (nSPS) is 13.8. The molecule has 6 aromatic carbocycles. The van der Waals surface area contributed by atoms with Crippen LogP contribution in [0.2, 0.25) is 0 Å². The molecule has 2 heterocycles. The first-order valence-corrected chi connectivity index (χ1v) is 15.5. The molecule has 1 aliphatic rings. The molecule has 0 N–H and O–H groups in total. The van der Waals surface area contributed by atoms with Crippen LogP contribution in [0.1, 0.15) is 30.5 Å². The number of fused-ring (bicyclic) bond motifs is 9. The lowest BCUT2D eigenvalue weighted by Gasteiger charge is -2.22. The second kappa shape index (κ2) is 8.44. The summed E-state index contributed by atoms with van der Waals surface area (Å²) in [4.78, 5) is 0. The maximum Gasteiger partial charge on any atom is 0.0544 e. The maximum atomic E-state index is 2.52. The van der Waals surface area contributed by atoms with Gasteiger partial charge in [-0.25, -0.2) is 0 Å². The minimum Gasteiger partial charge on any atom is -0.309 e. The van der Waals surface area contributed by atoms with E-state index in [-0.39, 0.29) is 5.41 Å². The van der Waals surface area contributed by atoms with E-state index in [0.29, 0.717) is 0 Å². The summed E-state index contributed by atoms with van der Waals surface area (Å²) < 4.78 is 5.19. The summed E-state index contributed by atoms with van der Waals surface area (Å²) in [6.45, 7) is 6.94. The molecular formula is C40H29NS. The Bertz CT molecular complexity index is 2400. The van der Waals surface area contributed by atoms with Gasteiger partial charge in [-0.1, -0.05) is 92.7 Å². The van der Waals surface area contributed by atoms with E-state index in [9.17, 15) is 0 Å². The van der Waals surface area contributed by atoms with E-state index in [1.807, 2.05) is 11.3 Å². The van der Waals surface area contributed by atoms with Crippen molar-refractivity contribution >= 4 is 53.3 Å². The molecular weight excluding hydrogens is 527 g/mol. The summed E-state index contributed by atoms with van der Waals surface area (Å²) in [5.74, 6) is 0. The second-order valence-electron chi connectivity index (χ2n) is 12.3. The predicted molar refractivity (Wildman–Crippen MR) is 181 cm³/mol. The van der Waals surface area contributed by atoms with Crippen LogP contribution < -0.4 is 0 Å². The van der Waals surface area contributed by atoms with Crippen LogP contribution in [-0.2, 0) is 5.41 Å². The number of benzene rings is 6. The van der Waals surface area contributed by atoms with Crippen molar-refractivity contribution in [3.05, 3.63) is 138 Å². The Hall–Kier alpha value is -4.66. The molecule has 0 unspecified atom stereocenters. The van der Waals surface area contributed by atoms with Gasteiger partial charge >= 0.3 is 0 Å². The molecule has 42 heavy (non-hydrogen) atoms. The molecule has 0 radical (unpaired) electrons. The quantitative estimate of drug-likeness (QED) is 0.200. The van der Waals surface area contributed by atoms with Crippen molar-refractivity contribution in [1.82, 2.24) is 4.57 Å². The van der Waals surface area contributed by atoms with Crippen LogP contribution in [0.25, 0.3) is 69.9 Å². The highest BCUT2D eigenvalue weighted by Crippen LogP contribution is 2.51. The number of aryl methyl sites for hydroxylation is 1. The summed E-state index contributed by atoms with van der Waals surface area (Å²) in [6, 6.07) is 45.5. The summed E-state index contributed by atoms with van der Waals surface area (Å²) in [5, 5.41) is 5.27. The largest absolute Gasteiger partial charge is 0.309 e. The third-order valence-electron chi connectivity index (χ3n) is 9.46. The fourth-order valence-electron chi connectivity index (χ4n) is 7.39. The molecule has 2 aromatic heterocycles. The Labute approximate surface area is 249 Å². The van der Waals surface area contributed by atoms with Crippen LogP contribution in [0, 0.1) is 6.92 Å². The highest BCUT2D eigenvalue weighted by Gasteiger charge is 2.36. The van der Waals surface area contributed by atoms with Crippen LogP contribution in [-0.4, -0.2) is 4.57 Å². The third-order valence-corrected chi connectivity index (χ3v) is 10.6. The topological polar surface area (TPSA) is 4.93 Å². The van der Waals surface area contributed by atoms with Gasteiger partial charge in [-0.3, -0.25) is 0 Å². The van der Waals surface area contributed by atoms with Crippen molar-refractivity contribution in [2.24, 2.45) is 0 Å². The molecule has 200 valence electrons. The van der Waals surface area contributed by atoms with Crippen molar-refractivity contribution in [3.8, 4) is 27.9 Å². The zero-order chi connectivity index (χ0) is 28.2.